The van der Waals surface area contributed by atoms with E-state index in [0.717, 1.165) is 19.3 Å². The molecule has 0 saturated carbocycles. The molecule has 0 aromatic heterocycles. The van der Waals surface area contributed by atoms with Gasteiger partial charge in [0.05, 0.1) is 6.10 Å². The molecule has 1 aromatic rings. The van der Waals surface area contributed by atoms with Crippen molar-refractivity contribution in [1.29, 1.82) is 0 Å². The van der Waals surface area contributed by atoms with Gasteiger partial charge in [0.15, 0.2) is 0 Å². The molecule has 104 valence electrons. The zero-order valence-corrected chi connectivity index (χ0v) is 11.2. The molecule has 1 saturated heterocycles. The van der Waals surface area contributed by atoms with Crippen molar-refractivity contribution in [3.05, 3.63) is 35.6 Å². The minimum atomic E-state index is -0.425. The second kappa shape index (κ2) is 6.15. The van der Waals surface area contributed by atoms with E-state index in [1.54, 1.807) is 24.0 Å². The molecule has 1 N–H and O–H groups in total. The Bertz CT molecular complexity index is 448. The number of halogens is 1. The van der Waals surface area contributed by atoms with Gasteiger partial charge in [-0.25, -0.2) is 4.39 Å². The molecule has 1 aromatic carbocycles. The molecular formula is C15H20FNO2. The van der Waals surface area contributed by atoms with Gasteiger partial charge < -0.3 is 10.0 Å². The van der Waals surface area contributed by atoms with Gasteiger partial charge in [0.2, 0.25) is 0 Å². The molecule has 4 heteroatoms. The maximum Gasteiger partial charge on any atom is 0.254 e. The number of likely N-dealkylation sites (tertiary alicyclic amines) is 1. The minimum absolute atomic E-state index is 0.0597. The molecule has 2 rings (SSSR count). The van der Waals surface area contributed by atoms with Crippen LogP contribution in [0.3, 0.4) is 0 Å². The van der Waals surface area contributed by atoms with Crippen molar-refractivity contribution in [3.8, 4) is 0 Å². The summed E-state index contributed by atoms with van der Waals surface area (Å²) in [5.41, 5.74) is 0.387. The maximum absolute atomic E-state index is 13.2. The van der Waals surface area contributed by atoms with Crippen LogP contribution in [-0.4, -0.2) is 34.6 Å². The number of aliphatic hydroxyl groups is 1. The highest BCUT2D eigenvalue weighted by molar-refractivity contribution is 5.94. The Morgan fingerprint density at radius 3 is 3.00 bits per heavy atom. The van der Waals surface area contributed by atoms with E-state index in [0.29, 0.717) is 18.5 Å². The summed E-state index contributed by atoms with van der Waals surface area (Å²) in [6.07, 6.45) is 3.11. The van der Waals surface area contributed by atoms with Gasteiger partial charge in [-0.2, -0.15) is 0 Å². The normalized spacial score (nSPS) is 21.2. The smallest absolute Gasteiger partial charge is 0.254 e. The number of piperidine rings is 1. The number of amides is 1. The molecule has 1 amide bonds. The lowest BCUT2D eigenvalue weighted by atomic mass is 9.96. The van der Waals surface area contributed by atoms with Gasteiger partial charge in [0.1, 0.15) is 5.82 Å². The first-order valence-electron chi connectivity index (χ1n) is 6.82. The highest BCUT2D eigenvalue weighted by Crippen LogP contribution is 2.23. The highest BCUT2D eigenvalue weighted by Gasteiger charge is 2.28. The van der Waals surface area contributed by atoms with Gasteiger partial charge in [-0.1, -0.05) is 6.07 Å². The lowest BCUT2D eigenvalue weighted by Gasteiger charge is -2.36. The zero-order chi connectivity index (χ0) is 13.8. The van der Waals surface area contributed by atoms with Crippen molar-refractivity contribution in [2.45, 2.75) is 44.8 Å². The number of hydrogen-bond donors (Lipinski definition) is 1. The van der Waals surface area contributed by atoms with E-state index in [4.69, 9.17) is 0 Å². The fraction of sp³-hybridized carbons (Fsp3) is 0.533. The summed E-state index contributed by atoms with van der Waals surface area (Å²) < 4.78 is 13.2. The van der Waals surface area contributed by atoms with E-state index in [9.17, 15) is 14.3 Å². The second-order valence-corrected chi connectivity index (χ2v) is 5.24. The third kappa shape index (κ3) is 3.53. The third-order valence-electron chi connectivity index (χ3n) is 3.57. The standard InChI is InChI=1S/C15H20FNO2/c1-11(18)9-14-7-2-3-8-17(14)15(19)12-5-4-6-13(16)10-12/h4-6,10-11,14,18H,2-3,7-9H2,1H3. The molecule has 0 aliphatic carbocycles. The average molecular weight is 265 g/mol. The second-order valence-electron chi connectivity index (χ2n) is 5.24. The van der Waals surface area contributed by atoms with E-state index >= 15 is 0 Å². The fourth-order valence-corrected chi connectivity index (χ4v) is 2.69. The van der Waals surface area contributed by atoms with Crippen LogP contribution in [0.25, 0.3) is 0 Å². The Balaban J connectivity index is 2.15. The molecule has 2 unspecified atom stereocenters. The summed E-state index contributed by atoms with van der Waals surface area (Å²) in [5.74, 6) is -0.528. The number of carbonyl (C=O) groups is 1. The van der Waals surface area contributed by atoms with Gasteiger partial charge in [-0.15, -0.1) is 0 Å². The number of aliphatic hydroxyl groups excluding tert-OH is 1. The van der Waals surface area contributed by atoms with Gasteiger partial charge in [0, 0.05) is 18.2 Å². The van der Waals surface area contributed by atoms with Crippen LogP contribution in [0, 0.1) is 5.82 Å². The third-order valence-corrected chi connectivity index (χ3v) is 3.57. The van der Waals surface area contributed by atoms with Gasteiger partial charge in [-0.05, 0) is 50.8 Å². The Labute approximate surface area is 113 Å². The molecule has 19 heavy (non-hydrogen) atoms. The van der Waals surface area contributed by atoms with Crippen molar-refractivity contribution in [1.82, 2.24) is 4.90 Å². The van der Waals surface area contributed by atoms with Crippen LogP contribution >= 0.6 is 0 Å². The van der Waals surface area contributed by atoms with Gasteiger partial charge in [-0.3, -0.25) is 4.79 Å². The fourth-order valence-electron chi connectivity index (χ4n) is 2.69. The number of benzene rings is 1. The quantitative estimate of drug-likeness (QED) is 0.912. The van der Waals surface area contributed by atoms with Crippen LogP contribution < -0.4 is 0 Å². The Hall–Kier alpha value is -1.42. The van der Waals surface area contributed by atoms with Crippen molar-refractivity contribution >= 4 is 5.91 Å². The largest absolute Gasteiger partial charge is 0.393 e. The van der Waals surface area contributed by atoms with E-state index < -0.39 is 11.9 Å². The first kappa shape index (κ1) is 14.0. The van der Waals surface area contributed by atoms with E-state index in [1.807, 2.05) is 0 Å². The van der Waals surface area contributed by atoms with Crippen molar-refractivity contribution in [2.75, 3.05) is 6.54 Å². The Kier molecular flexibility index (Phi) is 4.53. The summed E-state index contributed by atoms with van der Waals surface area (Å²) in [5, 5.41) is 9.52. The molecule has 0 bridgehead atoms. The zero-order valence-electron chi connectivity index (χ0n) is 11.2. The minimum Gasteiger partial charge on any atom is -0.393 e. The van der Waals surface area contributed by atoms with Crippen molar-refractivity contribution in [2.24, 2.45) is 0 Å². The Morgan fingerprint density at radius 1 is 1.53 bits per heavy atom. The lowest BCUT2D eigenvalue weighted by Crippen LogP contribution is -2.45. The van der Waals surface area contributed by atoms with Crippen LogP contribution in [0.4, 0.5) is 4.39 Å². The molecule has 0 spiro atoms. The molecule has 1 fully saturated rings. The summed E-state index contributed by atoms with van der Waals surface area (Å²) in [6.45, 7) is 2.42. The molecule has 2 atom stereocenters. The number of hydrogen-bond acceptors (Lipinski definition) is 2. The maximum atomic E-state index is 13.2. The molecular weight excluding hydrogens is 245 g/mol. The molecule has 1 aliphatic rings. The van der Waals surface area contributed by atoms with Crippen molar-refractivity contribution in [3.63, 3.8) is 0 Å². The van der Waals surface area contributed by atoms with E-state index in [1.165, 1.54) is 12.1 Å². The van der Waals surface area contributed by atoms with E-state index in [-0.39, 0.29) is 11.9 Å². The molecule has 1 heterocycles. The van der Waals surface area contributed by atoms with Gasteiger partial charge >= 0.3 is 0 Å². The molecule has 1 aliphatic heterocycles. The number of rotatable bonds is 3. The molecule has 3 nitrogen and oxygen atoms in total. The van der Waals surface area contributed by atoms with E-state index in [2.05, 4.69) is 0 Å². The van der Waals surface area contributed by atoms with Gasteiger partial charge in [0.25, 0.3) is 5.91 Å². The summed E-state index contributed by atoms with van der Waals surface area (Å²) in [4.78, 5) is 14.2. The SMILES string of the molecule is CC(O)CC1CCCCN1C(=O)c1cccc(F)c1. The summed E-state index contributed by atoms with van der Waals surface area (Å²) in [6, 6.07) is 5.86. The monoisotopic (exact) mass is 265 g/mol. The average Bonchev–Trinajstić information content (AvgIpc) is 2.38. The summed E-state index contributed by atoms with van der Waals surface area (Å²) >= 11 is 0. The predicted molar refractivity (Wildman–Crippen MR) is 71.4 cm³/mol. The van der Waals surface area contributed by atoms with Crippen LogP contribution in [0.1, 0.15) is 43.0 Å². The van der Waals surface area contributed by atoms with Crippen LogP contribution in [0.15, 0.2) is 24.3 Å². The number of carbonyl (C=O) groups excluding carboxylic acids is 1. The van der Waals surface area contributed by atoms with Crippen LogP contribution in [0.5, 0.6) is 0 Å². The number of nitrogens with zero attached hydrogens (tertiary/aromatic N) is 1. The van der Waals surface area contributed by atoms with Crippen LogP contribution in [0.2, 0.25) is 0 Å². The van der Waals surface area contributed by atoms with Crippen LogP contribution in [-0.2, 0) is 0 Å². The topological polar surface area (TPSA) is 40.5 Å². The first-order chi connectivity index (χ1) is 9.08. The lowest BCUT2D eigenvalue weighted by molar-refractivity contribution is 0.0514. The van der Waals surface area contributed by atoms with Crippen molar-refractivity contribution < 1.29 is 14.3 Å². The first-order valence-corrected chi connectivity index (χ1v) is 6.82. The predicted octanol–water partition coefficient (Wildman–Crippen LogP) is 2.59. The summed E-state index contributed by atoms with van der Waals surface area (Å²) in [7, 11) is 0. The molecule has 0 radical (unpaired) electrons. The highest BCUT2D eigenvalue weighted by atomic mass is 19.1. The Morgan fingerprint density at radius 2 is 2.32 bits per heavy atom.